The van der Waals surface area contributed by atoms with Gasteiger partial charge in [0.2, 0.25) is 5.89 Å². The van der Waals surface area contributed by atoms with Crippen molar-refractivity contribution < 1.29 is 4.42 Å². The van der Waals surface area contributed by atoms with Gasteiger partial charge >= 0.3 is 0 Å². The quantitative estimate of drug-likeness (QED) is 0.787. The molecule has 0 saturated heterocycles. The number of rotatable bonds is 4. The van der Waals surface area contributed by atoms with Crippen LogP contribution in [0.4, 0.5) is 0 Å². The van der Waals surface area contributed by atoms with Crippen LogP contribution >= 0.6 is 11.6 Å². The molecule has 0 aromatic carbocycles. The van der Waals surface area contributed by atoms with Gasteiger partial charge in [-0.15, -0.1) is 16.7 Å². The molecule has 17 heavy (non-hydrogen) atoms. The van der Waals surface area contributed by atoms with Crippen molar-refractivity contribution in [3.05, 3.63) is 29.2 Å². The first kappa shape index (κ1) is 12.1. The highest BCUT2D eigenvalue weighted by Crippen LogP contribution is 2.21. The van der Waals surface area contributed by atoms with E-state index in [2.05, 4.69) is 15.3 Å². The third-order valence-electron chi connectivity index (χ3n) is 2.61. The monoisotopic (exact) mass is 254 g/mol. The van der Waals surface area contributed by atoms with Crippen LogP contribution in [0.5, 0.6) is 0 Å². The normalized spacial score (nSPS) is 12.9. The van der Waals surface area contributed by atoms with Gasteiger partial charge in [0, 0.05) is 0 Å². The number of nitrogens with zero attached hydrogens (tertiary/aromatic N) is 4. The maximum atomic E-state index is 6.08. The first-order valence-electron chi connectivity index (χ1n) is 5.57. The lowest BCUT2D eigenvalue weighted by Gasteiger charge is -1.98. The van der Waals surface area contributed by atoms with E-state index >= 15 is 0 Å². The molecule has 0 saturated carbocycles. The van der Waals surface area contributed by atoms with E-state index in [-0.39, 0.29) is 5.38 Å². The van der Waals surface area contributed by atoms with Crippen molar-refractivity contribution in [3.8, 4) is 0 Å². The van der Waals surface area contributed by atoms with Crippen LogP contribution in [0.15, 0.2) is 10.6 Å². The van der Waals surface area contributed by atoms with Gasteiger partial charge in [-0.25, -0.2) is 9.67 Å². The third-order valence-corrected chi connectivity index (χ3v) is 3.14. The summed E-state index contributed by atoms with van der Waals surface area (Å²) in [5, 5.41) is 7.94. The summed E-state index contributed by atoms with van der Waals surface area (Å²) in [6, 6.07) is 0. The molecule has 1 unspecified atom stereocenters. The SMILES string of the molecule is CCC(Cl)c1cn(Cc2nc(C)c(C)o2)nn1. The van der Waals surface area contributed by atoms with Crippen LogP contribution in [-0.2, 0) is 6.54 Å². The molecule has 92 valence electrons. The van der Waals surface area contributed by atoms with Crippen molar-refractivity contribution in [3.63, 3.8) is 0 Å². The van der Waals surface area contributed by atoms with Gasteiger partial charge in [0.25, 0.3) is 0 Å². The molecule has 0 radical (unpaired) electrons. The zero-order valence-electron chi connectivity index (χ0n) is 10.1. The van der Waals surface area contributed by atoms with E-state index in [0.717, 1.165) is 23.6 Å². The Hall–Kier alpha value is -1.36. The molecule has 2 aromatic rings. The predicted octanol–water partition coefficient (Wildman–Crippen LogP) is 2.62. The number of halogens is 1. The molecular formula is C11H15ClN4O. The van der Waals surface area contributed by atoms with Gasteiger partial charge in [0.1, 0.15) is 18.0 Å². The summed E-state index contributed by atoms with van der Waals surface area (Å²) in [6.45, 7) is 6.30. The van der Waals surface area contributed by atoms with Crippen LogP contribution in [0.1, 0.15) is 41.8 Å². The molecule has 6 heteroatoms. The van der Waals surface area contributed by atoms with Crippen molar-refractivity contribution in [1.82, 2.24) is 20.0 Å². The van der Waals surface area contributed by atoms with E-state index in [1.807, 2.05) is 27.0 Å². The fourth-order valence-corrected chi connectivity index (χ4v) is 1.59. The molecule has 0 amide bonds. The van der Waals surface area contributed by atoms with Crippen LogP contribution in [0.3, 0.4) is 0 Å². The smallest absolute Gasteiger partial charge is 0.216 e. The molecule has 1 atom stereocenters. The summed E-state index contributed by atoms with van der Waals surface area (Å²) < 4.78 is 7.17. The van der Waals surface area contributed by atoms with Crippen molar-refractivity contribution in [2.24, 2.45) is 0 Å². The minimum atomic E-state index is -0.0863. The second-order valence-electron chi connectivity index (χ2n) is 3.97. The predicted molar refractivity (Wildman–Crippen MR) is 64.0 cm³/mol. The zero-order chi connectivity index (χ0) is 12.4. The van der Waals surface area contributed by atoms with Gasteiger partial charge in [0.05, 0.1) is 17.3 Å². The topological polar surface area (TPSA) is 56.7 Å². The van der Waals surface area contributed by atoms with Crippen molar-refractivity contribution in [2.45, 2.75) is 39.1 Å². The Bertz CT molecular complexity index is 486. The highest BCUT2D eigenvalue weighted by atomic mass is 35.5. The maximum Gasteiger partial charge on any atom is 0.216 e. The van der Waals surface area contributed by atoms with E-state index in [9.17, 15) is 0 Å². The molecule has 0 aliphatic heterocycles. The first-order valence-corrected chi connectivity index (χ1v) is 6.00. The molecular weight excluding hydrogens is 240 g/mol. The standard InChI is InChI=1S/C11H15ClN4O/c1-4-9(12)10-5-16(15-14-10)6-11-13-7(2)8(3)17-11/h5,9H,4,6H2,1-3H3. The number of hydrogen-bond donors (Lipinski definition) is 0. The highest BCUT2D eigenvalue weighted by molar-refractivity contribution is 6.20. The number of oxazole rings is 1. The Balaban J connectivity index is 2.11. The van der Waals surface area contributed by atoms with E-state index in [1.165, 1.54) is 0 Å². The second-order valence-corrected chi connectivity index (χ2v) is 4.49. The van der Waals surface area contributed by atoms with Crippen LogP contribution in [-0.4, -0.2) is 20.0 Å². The van der Waals surface area contributed by atoms with Gasteiger partial charge in [-0.2, -0.15) is 0 Å². The Kier molecular flexibility index (Phi) is 3.47. The van der Waals surface area contributed by atoms with Crippen molar-refractivity contribution in [1.29, 1.82) is 0 Å². The lowest BCUT2D eigenvalue weighted by Crippen LogP contribution is -2.00. The van der Waals surface area contributed by atoms with Gasteiger partial charge in [-0.1, -0.05) is 12.1 Å². The Morgan fingerprint density at radius 2 is 2.24 bits per heavy atom. The average molecular weight is 255 g/mol. The summed E-state index contributed by atoms with van der Waals surface area (Å²) in [5.41, 5.74) is 1.69. The lowest BCUT2D eigenvalue weighted by molar-refractivity contribution is 0.442. The Labute approximate surface area is 105 Å². The van der Waals surface area contributed by atoms with Crippen LogP contribution in [0.2, 0.25) is 0 Å². The number of hydrogen-bond acceptors (Lipinski definition) is 4. The maximum absolute atomic E-state index is 6.08. The van der Waals surface area contributed by atoms with Crippen molar-refractivity contribution >= 4 is 11.6 Å². The Morgan fingerprint density at radius 3 is 2.82 bits per heavy atom. The summed E-state index contributed by atoms with van der Waals surface area (Å²) in [6.07, 6.45) is 2.66. The molecule has 2 heterocycles. The van der Waals surface area contributed by atoms with Gasteiger partial charge in [0.15, 0.2) is 0 Å². The second kappa shape index (κ2) is 4.87. The fraction of sp³-hybridized carbons (Fsp3) is 0.545. The molecule has 0 spiro atoms. The molecule has 0 aliphatic carbocycles. The summed E-state index contributed by atoms with van der Waals surface area (Å²) in [5.74, 6) is 1.48. The summed E-state index contributed by atoms with van der Waals surface area (Å²) >= 11 is 6.08. The molecule has 0 fully saturated rings. The average Bonchev–Trinajstić information content (AvgIpc) is 2.87. The van der Waals surface area contributed by atoms with Crippen LogP contribution in [0.25, 0.3) is 0 Å². The molecule has 5 nitrogen and oxygen atoms in total. The number of aromatic nitrogens is 4. The fourth-order valence-electron chi connectivity index (χ4n) is 1.49. The first-order chi connectivity index (χ1) is 8.10. The minimum absolute atomic E-state index is 0.0863. The van der Waals surface area contributed by atoms with E-state index < -0.39 is 0 Å². The van der Waals surface area contributed by atoms with Gasteiger partial charge in [-0.05, 0) is 20.3 Å². The molecule has 2 aromatic heterocycles. The number of alkyl halides is 1. The van der Waals surface area contributed by atoms with E-state index in [1.54, 1.807) is 4.68 Å². The van der Waals surface area contributed by atoms with Gasteiger partial charge in [-0.3, -0.25) is 0 Å². The molecule has 2 rings (SSSR count). The molecule has 0 aliphatic rings. The molecule has 0 bridgehead atoms. The van der Waals surface area contributed by atoms with E-state index in [4.69, 9.17) is 16.0 Å². The van der Waals surface area contributed by atoms with Gasteiger partial charge < -0.3 is 4.42 Å². The zero-order valence-corrected chi connectivity index (χ0v) is 10.9. The molecule has 0 N–H and O–H groups in total. The largest absolute Gasteiger partial charge is 0.444 e. The summed E-state index contributed by atoms with van der Waals surface area (Å²) in [4.78, 5) is 4.29. The van der Waals surface area contributed by atoms with Crippen LogP contribution < -0.4 is 0 Å². The van der Waals surface area contributed by atoms with Crippen molar-refractivity contribution in [2.75, 3.05) is 0 Å². The highest BCUT2D eigenvalue weighted by Gasteiger charge is 2.12. The van der Waals surface area contributed by atoms with E-state index in [0.29, 0.717) is 12.4 Å². The third kappa shape index (κ3) is 2.66. The summed E-state index contributed by atoms with van der Waals surface area (Å²) in [7, 11) is 0. The lowest BCUT2D eigenvalue weighted by atomic mass is 10.3. The van der Waals surface area contributed by atoms with Crippen LogP contribution in [0, 0.1) is 13.8 Å². The Morgan fingerprint density at radius 1 is 1.47 bits per heavy atom. The number of aryl methyl sites for hydroxylation is 2. The minimum Gasteiger partial charge on any atom is -0.444 e.